The molecule has 0 spiro atoms. The minimum atomic E-state index is -2.82. The van der Waals surface area contributed by atoms with Crippen molar-refractivity contribution in [3.05, 3.63) is 59.7 Å². The Labute approximate surface area is 160 Å². The number of halogens is 2. The van der Waals surface area contributed by atoms with Gasteiger partial charge in [-0.15, -0.1) is 0 Å². The largest absolute Gasteiger partial charge is 0.313 e. The highest BCUT2D eigenvalue weighted by Gasteiger charge is 2.24. The molecule has 0 saturated carbocycles. The van der Waals surface area contributed by atoms with E-state index in [2.05, 4.69) is 30.4 Å². The van der Waals surface area contributed by atoms with E-state index in [0.717, 1.165) is 42.8 Å². The normalized spacial score (nSPS) is 11.9. The van der Waals surface area contributed by atoms with Gasteiger partial charge in [0.1, 0.15) is 0 Å². The van der Waals surface area contributed by atoms with Crippen molar-refractivity contribution >= 4 is 11.8 Å². The van der Waals surface area contributed by atoms with Gasteiger partial charge in [0.25, 0.3) is 5.92 Å². The van der Waals surface area contributed by atoms with Crippen LogP contribution in [0, 0.1) is 0 Å². The highest BCUT2D eigenvalue weighted by molar-refractivity contribution is 7.99. The summed E-state index contributed by atoms with van der Waals surface area (Å²) in [6, 6.07) is 14.8. The van der Waals surface area contributed by atoms with Crippen LogP contribution in [0.25, 0.3) is 0 Å². The summed E-state index contributed by atoms with van der Waals surface area (Å²) in [5.74, 6) is -2.82. The molecule has 0 atom stereocenters. The fraction of sp³-hybridized carbons (Fsp3) is 0.429. The average Bonchev–Trinajstić information content (AvgIpc) is 2.58. The third kappa shape index (κ3) is 7.06. The molecule has 0 aliphatic rings. The predicted octanol–water partition coefficient (Wildman–Crippen LogP) is 5.38. The van der Waals surface area contributed by atoms with Crippen molar-refractivity contribution in [3.63, 3.8) is 0 Å². The molecule has 0 amide bonds. The Kier molecular flexibility index (Phi) is 8.07. The molecule has 0 bridgehead atoms. The van der Waals surface area contributed by atoms with E-state index in [1.165, 1.54) is 29.8 Å². The van der Waals surface area contributed by atoms with E-state index in [1.54, 1.807) is 12.1 Å². The molecule has 5 heteroatoms. The van der Waals surface area contributed by atoms with Crippen LogP contribution < -0.4 is 5.32 Å². The first-order valence-electron chi connectivity index (χ1n) is 8.96. The molecular formula is C21H28F2N2S. The molecule has 0 fully saturated rings. The van der Waals surface area contributed by atoms with Crippen LogP contribution in [0.4, 0.5) is 8.78 Å². The summed E-state index contributed by atoms with van der Waals surface area (Å²) < 4.78 is 27.1. The standard InChI is InChI=1S/C21H28F2N2S/c1-21(22,23)18-10-8-11-19(15-18)26-20-12-5-4-9-17(20)16-24-13-6-7-14-25(2)3/h4-5,8-12,15,24H,6-7,13-14,16H2,1-3H3. The lowest BCUT2D eigenvalue weighted by atomic mass is 10.1. The van der Waals surface area contributed by atoms with E-state index in [9.17, 15) is 8.78 Å². The summed E-state index contributed by atoms with van der Waals surface area (Å²) in [7, 11) is 4.18. The fourth-order valence-corrected chi connectivity index (χ4v) is 3.61. The van der Waals surface area contributed by atoms with Crippen molar-refractivity contribution in [2.24, 2.45) is 0 Å². The second-order valence-corrected chi connectivity index (χ2v) is 7.93. The van der Waals surface area contributed by atoms with Crippen molar-refractivity contribution in [1.82, 2.24) is 10.2 Å². The molecule has 2 nitrogen and oxygen atoms in total. The van der Waals surface area contributed by atoms with E-state index in [0.29, 0.717) is 0 Å². The molecule has 0 aliphatic carbocycles. The summed E-state index contributed by atoms with van der Waals surface area (Å²) in [5, 5.41) is 3.49. The van der Waals surface area contributed by atoms with Gasteiger partial charge in [-0.2, -0.15) is 0 Å². The number of benzene rings is 2. The minimum Gasteiger partial charge on any atom is -0.313 e. The fourth-order valence-electron chi connectivity index (χ4n) is 2.61. The van der Waals surface area contributed by atoms with Gasteiger partial charge in [0.05, 0.1) is 0 Å². The maximum Gasteiger partial charge on any atom is 0.270 e. The molecule has 2 aromatic rings. The molecule has 0 saturated heterocycles. The molecule has 0 aliphatic heterocycles. The Balaban J connectivity index is 1.94. The van der Waals surface area contributed by atoms with Crippen molar-refractivity contribution in [3.8, 4) is 0 Å². The van der Waals surface area contributed by atoms with Crippen LogP contribution in [0.2, 0.25) is 0 Å². The number of rotatable bonds is 10. The van der Waals surface area contributed by atoms with Gasteiger partial charge in [0.15, 0.2) is 0 Å². The van der Waals surface area contributed by atoms with Gasteiger partial charge in [0, 0.05) is 28.8 Å². The van der Waals surface area contributed by atoms with Crippen LogP contribution in [-0.4, -0.2) is 32.1 Å². The Morgan fingerprint density at radius 2 is 1.81 bits per heavy atom. The highest BCUT2D eigenvalue weighted by Crippen LogP contribution is 2.34. The zero-order chi connectivity index (χ0) is 19.0. The van der Waals surface area contributed by atoms with E-state index in [-0.39, 0.29) is 5.56 Å². The van der Waals surface area contributed by atoms with Crippen molar-refractivity contribution in [1.29, 1.82) is 0 Å². The van der Waals surface area contributed by atoms with E-state index < -0.39 is 5.92 Å². The van der Waals surface area contributed by atoms with Gasteiger partial charge in [-0.05, 0) is 63.8 Å². The van der Waals surface area contributed by atoms with E-state index in [1.807, 2.05) is 24.3 Å². The molecule has 142 valence electrons. The van der Waals surface area contributed by atoms with Crippen LogP contribution in [-0.2, 0) is 12.5 Å². The summed E-state index contributed by atoms with van der Waals surface area (Å²) in [4.78, 5) is 4.13. The number of hydrogen-bond acceptors (Lipinski definition) is 3. The van der Waals surface area contributed by atoms with E-state index >= 15 is 0 Å². The Hall–Kier alpha value is -1.43. The average molecular weight is 379 g/mol. The lowest BCUT2D eigenvalue weighted by Crippen LogP contribution is -2.18. The van der Waals surface area contributed by atoms with Gasteiger partial charge in [0.2, 0.25) is 0 Å². The molecule has 0 aromatic heterocycles. The van der Waals surface area contributed by atoms with Crippen LogP contribution in [0.15, 0.2) is 58.3 Å². The smallest absolute Gasteiger partial charge is 0.270 e. The number of nitrogens with zero attached hydrogens (tertiary/aromatic N) is 1. The van der Waals surface area contributed by atoms with Crippen LogP contribution in [0.3, 0.4) is 0 Å². The lowest BCUT2D eigenvalue weighted by molar-refractivity contribution is 0.0172. The minimum absolute atomic E-state index is 0.0546. The molecule has 2 aromatic carbocycles. The Morgan fingerprint density at radius 1 is 1.04 bits per heavy atom. The van der Waals surface area contributed by atoms with Gasteiger partial charge in [-0.3, -0.25) is 0 Å². The first-order chi connectivity index (χ1) is 12.4. The van der Waals surface area contributed by atoms with Crippen LogP contribution >= 0.6 is 11.8 Å². The summed E-state index contributed by atoms with van der Waals surface area (Å²) in [6.45, 7) is 3.80. The molecular weight excluding hydrogens is 350 g/mol. The molecule has 1 N–H and O–H groups in total. The number of alkyl halides is 2. The highest BCUT2D eigenvalue weighted by atomic mass is 32.2. The summed E-state index contributed by atoms with van der Waals surface area (Å²) >= 11 is 1.54. The maximum absolute atomic E-state index is 13.5. The number of nitrogens with one attached hydrogen (secondary N) is 1. The van der Waals surface area contributed by atoms with Crippen molar-refractivity contribution in [2.45, 2.75) is 42.0 Å². The monoisotopic (exact) mass is 378 g/mol. The second-order valence-electron chi connectivity index (χ2n) is 6.81. The zero-order valence-electron chi connectivity index (χ0n) is 15.8. The lowest BCUT2D eigenvalue weighted by Gasteiger charge is -2.14. The molecule has 0 heterocycles. The van der Waals surface area contributed by atoms with Gasteiger partial charge in [-0.25, -0.2) is 8.78 Å². The van der Waals surface area contributed by atoms with Crippen molar-refractivity contribution < 1.29 is 8.78 Å². The molecule has 26 heavy (non-hydrogen) atoms. The maximum atomic E-state index is 13.5. The third-order valence-electron chi connectivity index (χ3n) is 4.07. The number of hydrogen-bond donors (Lipinski definition) is 1. The summed E-state index contributed by atoms with van der Waals surface area (Å²) in [5.41, 5.74) is 1.25. The molecule has 0 unspecified atom stereocenters. The van der Waals surface area contributed by atoms with E-state index in [4.69, 9.17) is 0 Å². The Morgan fingerprint density at radius 3 is 2.54 bits per heavy atom. The SMILES string of the molecule is CN(C)CCCCNCc1ccccc1Sc1cccc(C(C)(F)F)c1. The van der Waals surface area contributed by atoms with Crippen LogP contribution in [0.1, 0.15) is 30.9 Å². The zero-order valence-corrected chi connectivity index (χ0v) is 16.6. The van der Waals surface area contributed by atoms with Gasteiger partial charge in [-0.1, -0.05) is 42.1 Å². The topological polar surface area (TPSA) is 15.3 Å². The first-order valence-corrected chi connectivity index (χ1v) is 9.77. The van der Waals surface area contributed by atoms with Crippen molar-refractivity contribution in [2.75, 3.05) is 27.2 Å². The predicted molar refractivity (Wildman–Crippen MR) is 106 cm³/mol. The number of unbranched alkanes of at least 4 members (excludes halogenated alkanes) is 1. The quantitative estimate of drug-likeness (QED) is 0.559. The molecule has 0 radical (unpaired) electrons. The first kappa shape index (κ1) is 20.9. The molecule has 2 rings (SSSR count). The summed E-state index contributed by atoms with van der Waals surface area (Å²) in [6.07, 6.45) is 2.32. The van der Waals surface area contributed by atoms with Crippen LogP contribution in [0.5, 0.6) is 0 Å². The third-order valence-corrected chi connectivity index (χ3v) is 5.17. The Bertz CT molecular complexity index is 684. The second kappa shape index (κ2) is 10.0. The van der Waals surface area contributed by atoms with Gasteiger partial charge < -0.3 is 10.2 Å². The van der Waals surface area contributed by atoms with Gasteiger partial charge >= 0.3 is 0 Å².